The van der Waals surface area contributed by atoms with E-state index in [4.69, 9.17) is 0 Å². The summed E-state index contributed by atoms with van der Waals surface area (Å²) in [7, 11) is -2.07. The van der Waals surface area contributed by atoms with Gasteiger partial charge in [-0.25, -0.2) is 17.2 Å². The molecule has 0 bridgehead atoms. The van der Waals surface area contributed by atoms with Crippen LogP contribution in [-0.4, -0.2) is 44.8 Å². The molecule has 10 heteroatoms. The molecule has 7 nitrogen and oxygen atoms in total. The highest BCUT2D eigenvalue weighted by molar-refractivity contribution is 7.89. The maximum atomic E-state index is 13.2. The van der Waals surface area contributed by atoms with Crippen molar-refractivity contribution in [1.82, 2.24) is 23.9 Å². The Labute approximate surface area is 144 Å². The third-order valence-electron chi connectivity index (χ3n) is 4.83. The van der Waals surface area contributed by atoms with Gasteiger partial charge in [-0.2, -0.15) is 14.5 Å². The smallest absolute Gasteiger partial charge is 0.272 e. The number of hydrogen-bond acceptors (Lipinski definition) is 4. The molecule has 2 aliphatic rings. The predicted molar refractivity (Wildman–Crippen MR) is 84.5 cm³/mol. The molecule has 1 aliphatic carbocycles. The van der Waals surface area contributed by atoms with Crippen molar-refractivity contribution in [2.75, 3.05) is 6.54 Å². The third-order valence-corrected chi connectivity index (χ3v) is 6.63. The Bertz CT molecular complexity index is 891. The second-order valence-corrected chi connectivity index (χ2v) is 8.53. The third kappa shape index (κ3) is 2.86. The molecule has 2 atom stereocenters. The number of piperidine rings is 1. The molecule has 1 saturated carbocycles. The fourth-order valence-electron chi connectivity index (χ4n) is 3.38. The molecule has 4 rings (SSSR count). The van der Waals surface area contributed by atoms with Gasteiger partial charge in [0.05, 0.1) is 12.2 Å². The van der Waals surface area contributed by atoms with Crippen LogP contribution in [0.2, 0.25) is 0 Å². The summed E-state index contributed by atoms with van der Waals surface area (Å²) < 4.78 is 56.6. The first-order chi connectivity index (χ1) is 11.8. The van der Waals surface area contributed by atoms with Gasteiger partial charge in [0.1, 0.15) is 6.04 Å². The van der Waals surface area contributed by atoms with E-state index in [1.165, 1.54) is 16.6 Å². The van der Waals surface area contributed by atoms with Crippen molar-refractivity contribution in [2.24, 2.45) is 7.05 Å². The van der Waals surface area contributed by atoms with E-state index in [0.29, 0.717) is 13.0 Å². The summed E-state index contributed by atoms with van der Waals surface area (Å²) in [6.45, 7) is 0.383. The van der Waals surface area contributed by atoms with Crippen LogP contribution in [0.5, 0.6) is 0 Å². The van der Waals surface area contributed by atoms with E-state index < -0.39 is 22.0 Å². The van der Waals surface area contributed by atoms with Crippen molar-refractivity contribution in [3.05, 3.63) is 30.2 Å². The average molecular weight is 371 g/mol. The van der Waals surface area contributed by atoms with Crippen molar-refractivity contribution < 1.29 is 17.2 Å². The molecule has 1 aliphatic heterocycles. The first-order valence-electron chi connectivity index (χ1n) is 8.22. The molecule has 136 valence electrons. The molecule has 2 fully saturated rings. The summed E-state index contributed by atoms with van der Waals surface area (Å²) in [5.74, 6) is -2.80. The second kappa shape index (κ2) is 5.60. The van der Waals surface area contributed by atoms with E-state index in [1.54, 1.807) is 17.9 Å². The molecule has 2 aromatic rings. The van der Waals surface area contributed by atoms with Gasteiger partial charge in [-0.05, 0) is 18.9 Å². The summed E-state index contributed by atoms with van der Waals surface area (Å²) >= 11 is 0. The van der Waals surface area contributed by atoms with Gasteiger partial charge >= 0.3 is 0 Å². The zero-order valence-electron chi connectivity index (χ0n) is 13.7. The Kier molecular flexibility index (Phi) is 3.73. The van der Waals surface area contributed by atoms with Crippen LogP contribution in [0.25, 0.3) is 0 Å². The fraction of sp³-hybridized carbons (Fsp3) is 0.600. The number of aromatic nitrogens is 4. The number of alkyl halides is 2. The molecule has 1 saturated heterocycles. The van der Waals surface area contributed by atoms with Crippen LogP contribution in [0.3, 0.4) is 0 Å². The molecule has 0 aromatic carbocycles. The average Bonchev–Trinajstić information content (AvgIpc) is 2.99. The quantitative estimate of drug-likeness (QED) is 0.825. The van der Waals surface area contributed by atoms with E-state index in [2.05, 4.69) is 10.2 Å². The van der Waals surface area contributed by atoms with Crippen molar-refractivity contribution in [3.63, 3.8) is 0 Å². The van der Waals surface area contributed by atoms with E-state index >= 15 is 0 Å². The van der Waals surface area contributed by atoms with Crippen LogP contribution in [-0.2, 0) is 17.1 Å². The molecule has 2 unspecified atom stereocenters. The lowest BCUT2D eigenvalue weighted by atomic mass is 10.0. The Morgan fingerprint density at radius 1 is 1.32 bits per heavy atom. The van der Waals surface area contributed by atoms with Gasteiger partial charge in [0, 0.05) is 38.0 Å². The highest BCUT2D eigenvalue weighted by Crippen LogP contribution is 2.52. The van der Waals surface area contributed by atoms with Gasteiger partial charge in [0.25, 0.3) is 15.9 Å². The number of halogens is 2. The van der Waals surface area contributed by atoms with Crippen LogP contribution in [0.4, 0.5) is 8.78 Å². The van der Waals surface area contributed by atoms with E-state index in [-0.39, 0.29) is 17.5 Å². The molecule has 3 heterocycles. The summed E-state index contributed by atoms with van der Waals surface area (Å²) in [6.07, 6.45) is 6.89. The molecule has 0 amide bonds. The molecule has 0 spiro atoms. The molecular formula is C15H19F2N5O2S. The Morgan fingerprint density at radius 2 is 2.08 bits per heavy atom. The van der Waals surface area contributed by atoms with Crippen LogP contribution in [0.15, 0.2) is 29.7 Å². The maximum absolute atomic E-state index is 13.2. The highest BCUT2D eigenvalue weighted by atomic mass is 32.2. The number of hydrogen-bond donors (Lipinski definition) is 0. The zero-order chi connectivity index (χ0) is 17.8. The normalized spacial score (nSPS) is 26.7. The van der Waals surface area contributed by atoms with Crippen LogP contribution in [0, 0.1) is 0 Å². The molecular weight excluding hydrogens is 352 g/mol. The van der Waals surface area contributed by atoms with E-state index in [0.717, 1.165) is 23.1 Å². The second-order valence-electron chi connectivity index (χ2n) is 6.69. The lowest BCUT2D eigenvalue weighted by Crippen LogP contribution is -2.38. The number of sulfonamides is 1. The summed E-state index contributed by atoms with van der Waals surface area (Å²) in [5, 5.41) is 7.88. The Hall–Kier alpha value is -1.81. The van der Waals surface area contributed by atoms with Crippen molar-refractivity contribution in [2.45, 2.75) is 48.7 Å². The van der Waals surface area contributed by atoms with Crippen molar-refractivity contribution in [3.8, 4) is 0 Å². The first kappa shape index (κ1) is 16.6. The standard InChI is InChI=1S/C15H19F2N5O2S/c1-20-10-11(9-18-20)12-4-2-3-6-22(12)25(23,24)14-5-7-21(19-14)13-8-15(13,16)17/h5,7,9-10,12-13H,2-4,6,8H2,1H3. The zero-order valence-corrected chi connectivity index (χ0v) is 14.5. The van der Waals surface area contributed by atoms with Gasteiger partial charge in [0.2, 0.25) is 0 Å². The largest absolute Gasteiger partial charge is 0.275 e. The fourth-order valence-corrected chi connectivity index (χ4v) is 4.98. The Morgan fingerprint density at radius 3 is 2.72 bits per heavy atom. The molecule has 0 radical (unpaired) electrons. The number of rotatable bonds is 4. The predicted octanol–water partition coefficient (Wildman–Crippen LogP) is 2.11. The lowest BCUT2D eigenvalue weighted by molar-refractivity contribution is 0.0980. The van der Waals surface area contributed by atoms with Gasteiger partial charge in [0.15, 0.2) is 5.03 Å². The lowest BCUT2D eigenvalue weighted by Gasteiger charge is -2.33. The number of nitrogens with zero attached hydrogens (tertiary/aromatic N) is 5. The van der Waals surface area contributed by atoms with Crippen molar-refractivity contribution in [1.29, 1.82) is 0 Å². The molecule has 25 heavy (non-hydrogen) atoms. The summed E-state index contributed by atoms with van der Waals surface area (Å²) in [4.78, 5) is 0. The van der Waals surface area contributed by atoms with Gasteiger partial charge < -0.3 is 0 Å². The summed E-state index contributed by atoms with van der Waals surface area (Å²) in [5.41, 5.74) is 0.832. The maximum Gasteiger partial charge on any atom is 0.272 e. The minimum atomic E-state index is -3.85. The monoisotopic (exact) mass is 371 g/mol. The minimum absolute atomic E-state index is 0.175. The van der Waals surface area contributed by atoms with E-state index in [9.17, 15) is 17.2 Å². The van der Waals surface area contributed by atoms with Gasteiger partial charge in [-0.3, -0.25) is 9.36 Å². The number of aryl methyl sites for hydroxylation is 1. The SMILES string of the molecule is Cn1cc(C2CCCCN2S(=O)(=O)c2ccn(C3CC3(F)F)n2)cn1. The molecule has 2 aromatic heterocycles. The topological polar surface area (TPSA) is 73.0 Å². The van der Waals surface area contributed by atoms with Crippen LogP contribution < -0.4 is 0 Å². The highest BCUT2D eigenvalue weighted by Gasteiger charge is 2.59. The molecule has 0 N–H and O–H groups in total. The van der Waals surface area contributed by atoms with Crippen LogP contribution in [0.1, 0.15) is 43.3 Å². The summed E-state index contributed by atoms with van der Waals surface area (Å²) in [6, 6.07) is -0.0366. The van der Waals surface area contributed by atoms with Crippen LogP contribution >= 0.6 is 0 Å². The van der Waals surface area contributed by atoms with Gasteiger partial charge in [-0.1, -0.05) is 6.42 Å². The first-order valence-corrected chi connectivity index (χ1v) is 9.66. The van der Waals surface area contributed by atoms with Gasteiger partial charge in [-0.15, -0.1) is 0 Å². The Balaban J connectivity index is 1.64. The van der Waals surface area contributed by atoms with E-state index in [1.807, 2.05) is 6.20 Å². The minimum Gasteiger partial charge on any atom is -0.275 e. The van der Waals surface area contributed by atoms with Crippen molar-refractivity contribution >= 4 is 10.0 Å².